The van der Waals surface area contributed by atoms with E-state index in [1.54, 1.807) is 30.3 Å². The smallest absolute Gasteiger partial charge is 0.271 e. The van der Waals surface area contributed by atoms with Crippen LogP contribution in [-0.2, 0) is 0 Å². The third-order valence-corrected chi connectivity index (χ3v) is 3.87. The van der Waals surface area contributed by atoms with Crippen molar-refractivity contribution >= 4 is 28.1 Å². The number of benzene rings is 2. The summed E-state index contributed by atoms with van der Waals surface area (Å²) in [4.78, 5) is 12.2. The number of rotatable bonds is 6. The second-order valence-electron chi connectivity index (χ2n) is 4.85. The van der Waals surface area contributed by atoms with Crippen LogP contribution in [0.4, 0.5) is 0 Å². The molecule has 2 N–H and O–H groups in total. The number of ether oxygens (including phenoxy) is 3. The zero-order valence-corrected chi connectivity index (χ0v) is 15.5. The van der Waals surface area contributed by atoms with E-state index in [2.05, 4.69) is 26.5 Å². The molecule has 0 radical (unpaired) electrons. The number of hydrogen-bond acceptors (Lipinski definition) is 6. The van der Waals surface area contributed by atoms with Gasteiger partial charge in [-0.3, -0.25) is 4.79 Å². The molecular formula is C17H17BrN2O5. The lowest BCUT2D eigenvalue weighted by Gasteiger charge is -2.08. The molecule has 8 heteroatoms. The predicted molar refractivity (Wildman–Crippen MR) is 97.0 cm³/mol. The molecule has 0 fully saturated rings. The number of phenolic OH excluding ortho intramolecular Hbond substituents is 1. The normalized spacial score (nSPS) is 10.6. The second-order valence-corrected chi connectivity index (χ2v) is 5.71. The van der Waals surface area contributed by atoms with Crippen molar-refractivity contribution in [2.75, 3.05) is 21.3 Å². The standard InChI is InChI=1S/C17H17BrN2O5/c1-23-12-6-11(7-13(8-12)24-2)17(22)20-19-9-10-4-14(18)16(21)15(5-10)25-3/h4-9,21H,1-3H3,(H,20,22)/b19-9+. The van der Waals surface area contributed by atoms with Gasteiger partial charge in [0, 0.05) is 11.6 Å². The topological polar surface area (TPSA) is 89.4 Å². The maximum absolute atomic E-state index is 12.2. The fourth-order valence-corrected chi connectivity index (χ4v) is 2.45. The molecule has 2 aromatic carbocycles. The molecule has 1 amide bonds. The summed E-state index contributed by atoms with van der Waals surface area (Å²) >= 11 is 3.22. The first-order valence-corrected chi connectivity index (χ1v) is 7.90. The zero-order valence-electron chi connectivity index (χ0n) is 13.9. The van der Waals surface area contributed by atoms with Crippen LogP contribution >= 0.6 is 15.9 Å². The van der Waals surface area contributed by atoms with Crippen molar-refractivity contribution in [3.8, 4) is 23.0 Å². The van der Waals surface area contributed by atoms with E-state index in [1.165, 1.54) is 27.5 Å². The number of nitrogens with one attached hydrogen (secondary N) is 1. The van der Waals surface area contributed by atoms with Crippen LogP contribution in [0.5, 0.6) is 23.0 Å². The maximum Gasteiger partial charge on any atom is 0.271 e. The molecule has 0 bridgehead atoms. The molecule has 0 heterocycles. The molecule has 0 spiro atoms. The number of carbonyl (C=O) groups is 1. The second kappa shape index (κ2) is 8.39. The van der Waals surface area contributed by atoms with Gasteiger partial charge >= 0.3 is 0 Å². The largest absolute Gasteiger partial charge is 0.503 e. The van der Waals surface area contributed by atoms with Gasteiger partial charge in [-0.1, -0.05) is 0 Å². The Labute approximate surface area is 153 Å². The lowest BCUT2D eigenvalue weighted by atomic mass is 10.2. The van der Waals surface area contributed by atoms with Gasteiger partial charge in [-0.15, -0.1) is 0 Å². The Morgan fingerprint density at radius 2 is 1.72 bits per heavy atom. The molecule has 0 aliphatic carbocycles. The summed E-state index contributed by atoms with van der Waals surface area (Å²) in [6.07, 6.45) is 1.43. The number of amides is 1. The molecule has 0 aliphatic heterocycles. The first-order valence-electron chi connectivity index (χ1n) is 7.11. The van der Waals surface area contributed by atoms with Crippen molar-refractivity contribution in [1.82, 2.24) is 5.43 Å². The van der Waals surface area contributed by atoms with Crippen LogP contribution < -0.4 is 19.6 Å². The zero-order chi connectivity index (χ0) is 18.4. The molecular weight excluding hydrogens is 392 g/mol. The molecule has 2 aromatic rings. The number of halogens is 1. The molecule has 25 heavy (non-hydrogen) atoms. The minimum Gasteiger partial charge on any atom is -0.503 e. The summed E-state index contributed by atoms with van der Waals surface area (Å²) in [5.74, 6) is 0.867. The molecule has 0 atom stereocenters. The molecule has 0 aromatic heterocycles. The van der Waals surface area contributed by atoms with Crippen LogP contribution in [0.3, 0.4) is 0 Å². The van der Waals surface area contributed by atoms with Gasteiger partial charge < -0.3 is 19.3 Å². The highest BCUT2D eigenvalue weighted by molar-refractivity contribution is 9.10. The van der Waals surface area contributed by atoms with E-state index in [0.29, 0.717) is 32.8 Å². The van der Waals surface area contributed by atoms with Crippen LogP contribution in [0.1, 0.15) is 15.9 Å². The highest BCUT2D eigenvalue weighted by atomic mass is 79.9. The molecule has 0 saturated carbocycles. The molecule has 0 saturated heterocycles. The van der Waals surface area contributed by atoms with Crippen LogP contribution in [0.2, 0.25) is 0 Å². The van der Waals surface area contributed by atoms with E-state index in [9.17, 15) is 9.90 Å². The van der Waals surface area contributed by atoms with Gasteiger partial charge in [-0.2, -0.15) is 5.10 Å². The highest BCUT2D eigenvalue weighted by Gasteiger charge is 2.10. The summed E-state index contributed by atoms with van der Waals surface area (Å²) in [7, 11) is 4.45. The number of hydrazone groups is 1. The van der Waals surface area contributed by atoms with Gasteiger partial charge in [0.1, 0.15) is 11.5 Å². The minimum atomic E-state index is -0.418. The first kappa shape index (κ1) is 18.6. The third kappa shape index (κ3) is 4.63. The molecule has 2 rings (SSSR count). The summed E-state index contributed by atoms with van der Waals surface area (Å²) < 4.78 is 15.8. The Kier molecular flexibility index (Phi) is 6.24. The van der Waals surface area contributed by atoms with Gasteiger partial charge in [0.15, 0.2) is 11.5 Å². The Hall–Kier alpha value is -2.74. The van der Waals surface area contributed by atoms with Crippen molar-refractivity contribution in [2.45, 2.75) is 0 Å². The van der Waals surface area contributed by atoms with Crippen molar-refractivity contribution in [2.24, 2.45) is 5.10 Å². The summed E-state index contributed by atoms with van der Waals surface area (Å²) in [5.41, 5.74) is 3.40. The van der Waals surface area contributed by atoms with Gasteiger partial charge in [-0.25, -0.2) is 5.43 Å². The average molecular weight is 409 g/mol. The minimum absolute atomic E-state index is 0.00726. The summed E-state index contributed by atoms with van der Waals surface area (Å²) in [5, 5.41) is 13.7. The van der Waals surface area contributed by atoms with Crippen LogP contribution in [0.15, 0.2) is 39.9 Å². The number of phenols is 1. The van der Waals surface area contributed by atoms with E-state index in [1.807, 2.05) is 0 Å². The molecule has 0 unspecified atom stereocenters. The third-order valence-electron chi connectivity index (χ3n) is 3.26. The maximum atomic E-state index is 12.2. The van der Waals surface area contributed by atoms with E-state index in [-0.39, 0.29) is 5.75 Å². The van der Waals surface area contributed by atoms with Gasteiger partial charge in [0.05, 0.1) is 32.0 Å². The van der Waals surface area contributed by atoms with Gasteiger partial charge in [-0.05, 0) is 45.8 Å². The lowest BCUT2D eigenvalue weighted by Crippen LogP contribution is -2.17. The van der Waals surface area contributed by atoms with Crippen molar-refractivity contribution < 1.29 is 24.1 Å². The Morgan fingerprint density at radius 3 is 2.28 bits per heavy atom. The van der Waals surface area contributed by atoms with E-state index in [0.717, 1.165) is 0 Å². The quantitative estimate of drug-likeness (QED) is 0.566. The van der Waals surface area contributed by atoms with E-state index >= 15 is 0 Å². The van der Waals surface area contributed by atoms with E-state index in [4.69, 9.17) is 14.2 Å². The van der Waals surface area contributed by atoms with Crippen molar-refractivity contribution in [1.29, 1.82) is 0 Å². The average Bonchev–Trinajstić information content (AvgIpc) is 2.63. The van der Waals surface area contributed by atoms with Crippen LogP contribution in [-0.4, -0.2) is 38.6 Å². The van der Waals surface area contributed by atoms with Crippen LogP contribution in [0.25, 0.3) is 0 Å². The molecule has 0 aliphatic rings. The number of carbonyl (C=O) groups excluding carboxylic acids is 1. The van der Waals surface area contributed by atoms with Crippen molar-refractivity contribution in [3.05, 3.63) is 45.9 Å². The predicted octanol–water partition coefficient (Wildman–Crippen LogP) is 2.94. The first-order chi connectivity index (χ1) is 12.0. The molecule has 132 valence electrons. The van der Waals surface area contributed by atoms with Crippen LogP contribution in [0, 0.1) is 0 Å². The number of aromatic hydroxyl groups is 1. The highest BCUT2D eigenvalue weighted by Crippen LogP contribution is 2.34. The fourth-order valence-electron chi connectivity index (χ4n) is 1.99. The van der Waals surface area contributed by atoms with Gasteiger partial charge in [0.2, 0.25) is 0 Å². The fraction of sp³-hybridized carbons (Fsp3) is 0.176. The number of hydrogen-bond donors (Lipinski definition) is 2. The lowest BCUT2D eigenvalue weighted by molar-refractivity contribution is 0.0954. The Balaban J connectivity index is 2.14. The SMILES string of the molecule is COc1cc(OC)cc(C(=O)N/N=C/c2cc(Br)c(O)c(OC)c2)c1. The monoisotopic (exact) mass is 408 g/mol. The summed E-state index contributed by atoms with van der Waals surface area (Å²) in [6.45, 7) is 0. The van der Waals surface area contributed by atoms with Gasteiger partial charge in [0.25, 0.3) is 5.91 Å². The Bertz CT molecular complexity index is 786. The Morgan fingerprint density at radius 1 is 1.08 bits per heavy atom. The molecule has 7 nitrogen and oxygen atoms in total. The van der Waals surface area contributed by atoms with E-state index < -0.39 is 5.91 Å². The number of methoxy groups -OCH3 is 3. The summed E-state index contributed by atoms with van der Waals surface area (Å²) in [6, 6.07) is 8.05. The van der Waals surface area contributed by atoms with Crippen molar-refractivity contribution in [3.63, 3.8) is 0 Å². The number of nitrogens with zero attached hydrogens (tertiary/aromatic N) is 1.